The van der Waals surface area contributed by atoms with E-state index in [1.54, 1.807) is 21.6 Å². The molecule has 5 heterocycles. The third kappa shape index (κ3) is 5.05. The summed E-state index contributed by atoms with van der Waals surface area (Å²) in [4.78, 5) is 23.8. The number of aliphatic hydroxyl groups is 1. The number of ether oxygens (including phenoxy) is 1. The van der Waals surface area contributed by atoms with Crippen LogP contribution in [0.25, 0.3) is 11.0 Å². The Kier molecular flexibility index (Phi) is 7.02. The highest BCUT2D eigenvalue weighted by molar-refractivity contribution is 7.51. The maximum absolute atomic E-state index is 14.6. The van der Waals surface area contributed by atoms with E-state index in [9.17, 15) is 9.18 Å². The summed E-state index contributed by atoms with van der Waals surface area (Å²) in [5.41, 5.74) is 2.81. The zero-order valence-corrected chi connectivity index (χ0v) is 21.0. The molecule has 5 rings (SSSR count). The molecule has 35 heavy (non-hydrogen) atoms. The SMILES string of the molecule is Cc1cn2cc(C3=CC(=O)N4C=C(N5CCN(CCOCCO)[C@@H](C)C5)C=CC4P3)cc(F)c2n1. The summed E-state index contributed by atoms with van der Waals surface area (Å²) in [5, 5.41) is 9.71. The van der Waals surface area contributed by atoms with E-state index in [4.69, 9.17) is 9.84 Å². The molecular weight excluding hydrogens is 468 g/mol. The van der Waals surface area contributed by atoms with Crippen molar-refractivity contribution in [2.45, 2.75) is 25.7 Å². The first-order valence-corrected chi connectivity index (χ1v) is 13.0. The molecule has 1 saturated heterocycles. The number of halogens is 1. The summed E-state index contributed by atoms with van der Waals surface area (Å²) in [6.07, 6.45) is 11.4. The van der Waals surface area contributed by atoms with Gasteiger partial charge in [-0.2, -0.15) is 0 Å². The molecule has 0 saturated carbocycles. The van der Waals surface area contributed by atoms with Gasteiger partial charge in [0.1, 0.15) is 0 Å². The Labute approximate surface area is 206 Å². The van der Waals surface area contributed by atoms with Gasteiger partial charge in [0.15, 0.2) is 11.5 Å². The molecule has 0 bridgehead atoms. The first-order chi connectivity index (χ1) is 16.9. The van der Waals surface area contributed by atoms with Crippen molar-refractivity contribution in [1.29, 1.82) is 0 Å². The molecule has 1 N–H and O–H groups in total. The van der Waals surface area contributed by atoms with E-state index in [2.05, 4.69) is 33.9 Å². The minimum absolute atomic E-state index is 0.0493. The predicted octanol–water partition coefficient (Wildman–Crippen LogP) is 2.40. The average Bonchev–Trinajstić information content (AvgIpc) is 3.23. The molecule has 3 aliphatic heterocycles. The highest BCUT2D eigenvalue weighted by Crippen LogP contribution is 2.45. The molecule has 2 aromatic rings. The number of imidazole rings is 1. The summed E-state index contributed by atoms with van der Waals surface area (Å²) < 4.78 is 21.7. The molecule has 0 aliphatic carbocycles. The van der Waals surface area contributed by atoms with Gasteiger partial charge in [0.05, 0.1) is 37.0 Å². The molecule has 2 unspecified atom stereocenters. The summed E-state index contributed by atoms with van der Waals surface area (Å²) in [6.45, 7) is 8.58. The Morgan fingerprint density at radius 1 is 1.29 bits per heavy atom. The van der Waals surface area contributed by atoms with Crippen LogP contribution in [-0.4, -0.2) is 92.9 Å². The monoisotopic (exact) mass is 499 g/mol. The van der Waals surface area contributed by atoms with E-state index < -0.39 is 0 Å². The van der Waals surface area contributed by atoms with Crippen LogP contribution in [0.4, 0.5) is 4.39 Å². The van der Waals surface area contributed by atoms with Gasteiger partial charge in [0.2, 0.25) is 0 Å². The van der Waals surface area contributed by atoms with Crippen molar-refractivity contribution in [3.8, 4) is 0 Å². The second kappa shape index (κ2) is 10.2. The Hall–Kier alpha value is -2.58. The smallest absolute Gasteiger partial charge is 0.252 e. The second-order valence-electron chi connectivity index (χ2n) is 9.16. The molecule has 8 nitrogen and oxygen atoms in total. The minimum Gasteiger partial charge on any atom is -0.394 e. The highest BCUT2D eigenvalue weighted by Gasteiger charge is 2.31. The summed E-state index contributed by atoms with van der Waals surface area (Å²) in [5.74, 6) is -0.525. The number of nitrogens with zero attached hydrogens (tertiary/aromatic N) is 5. The van der Waals surface area contributed by atoms with Crippen LogP contribution in [0, 0.1) is 12.7 Å². The number of hydrogen-bond donors (Lipinski definition) is 1. The van der Waals surface area contributed by atoms with Gasteiger partial charge in [-0.1, -0.05) is 14.7 Å². The van der Waals surface area contributed by atoms with Crippen LogP contribution in [0.2, 0.25) is 0 Å². The lowest BCUT2D eigenvalue weighted by Gasteiger charge is -2.43. The Balaban J connectivity index is 1.27. The average molecular weight is 500 g/mol. The molecule has 2 aromatic heterocycles. The first-order valence-electron chi connectivity index (χ1n) is 12.0. The maximum Gasteiger partial charge on any atom is 0.252 e. The van der Waals surface area contributed by atoms with E-state index in [0.29, 0.717) is 33.5 Å². The summed E-state index contributed by atoms with van der Waals surface area (Å²) >= 11 is 0. The van der Waals surface area contributed by atoms with Gasteiger partial charge in [-0.25, -0.2) is 9.37 Å². The number of aromatic nitrogens is 2. The number of hydrogen-bond acceptors (Lipinski definition) is 6. The van der Waals surface area contributed by atoms with Gasteiger partial charge in [-0.15, -0.1) is 0 Å². The van der Waals surface area contributed by atoms with Crippen LogP contribution < -0.4 is 0 Å². The lowest BCUT2D eigenvalue weighted by atomic mass is 10.1. The molecule has 0 spiro atoms. The molecule has 10 heteroatoms. The second-order valence-corrected chi connectivity index (χ2v) is 10.6. The Morgan fingerprint density at radius 2 is 2.14 bits per heavy atom. The van der Waals surface area contributed by atoms with Crippen molar-refractivity contribution in [2.24, 2.45) is 0 Å². The van der Waals surface area contributed by atoms with Gasteiger partial charge in [-0.3, -0.25) is 9.69 Å². The van der Waals surface area contributed by atoms with Crippen molar-refractivity contribution < 1.29 is 19.0 Å². The van der Waals surface area contributed by atoms with Gasteiger partial charge in [0.25, 0.3) is 5.91 Å². The fraction of sp³-hybridized carbons (Fsp3) is 0.440. The zero-order valence-electron chi connectivity index (χ0n) is 20.0. The molecular formula is C25H31FN5O3P. The number of carbonyl (C=O) groups is 1. The third-order valence-electron chi connectivity index (χ3n) is 6.67. The molecule has 3 aliphatic rings. The number of aliphatic hydroxyl groups excluding tert-OH is 1. The molecule has 1 fully saturated rings. The van der Waals surface area contributed by atoms with Gasteiger partial charge in [-0.05, 0) is 31.3 Å². The standard InChI is InChI=1S/C25H31FN5O3P/c1-17-13-30-15-19(11-21(26)25(30)27-17)22-12-23(33)31-16-20(3-4-24(31)35-22)29-6-5-28(18(2)14-29)7-9-34-10-8-32/h3-4,11-13,15-16,18,24,32,35H,5-10,14H2,1-2H3/t18-,24?/m0/s1. The largest absolute Gasteiger partial charge is 0.394 e. The molecule has 1 amide bonds. The molecule has 3 atom stereocenters. The molecule has 186 valence electrons. The lowest BCUT2D eigenvalue weighted by molar-refractivity contribution is -0.123. The van der Waals surface area contributed by atoms with Crippen LogP contribution in [0.1, 0.15) is 18.2 Å². The summed E-state index contributed by atoms with van der Waals surface area (Å²) in [7, 11) is 0.325. The van der Waals surface area contributed by atoms with E-state index in [1.165, 1.54) is 6.07 Å². The predicted molar refractivity (Wildman–Crippen MR) is 135 cm³/mol. The number of allylic oxidation sites excluding steroid dienone is 1. The number of pyridine rings is 1. The number of piperazine rings is 1. The number of aryl methyl sites for hydroxylation is 1. The van der Waals surface area contributed by atoms with Crippen LogP contribution in [0.5, 0.6) is 0 Å². The van der Waals surface area contributed by atoms with Crippen molar-refractivity contribution in [3.63, 3.8) is 0 Å². The number of carbonyl (C=O) groups excluding carboxylic acids is 1. The topological polar surface area (TPSA) is 73.6 Å². The molecule has 0 radical (unpaired) electrons. The zero-order chi connectivity index (χ0) is 24.5. The van der Waals surface area contributed by atoms with E-state index in [0.717, 1.165) is 48.4 Å². The first kappa shape index (κ1) is 24.1. The van der Waals surface area contributed by atoms with Crippen molar-refractivity contribution in [1.82, 2.24) is 24.1 Å². The van der Waals surface area contributed by atoms with Gasteiger partial charge in [0, 0.05) is 62.5 Å². The van der Waals surface area contributed by atoms with E-state index >= 15 is 0 Å². The number of amides is 1. The third-order valence-corrected chi connectivity index (χ3v) is 8.18. The van der Waals surface area contributed by atoms with Crippen LogP contribution in [0.3, 0.4) is 0 Å². The lowest BCUT2D eigenvalue weighted by Crippen LogP contribution is -2.52. The molecule has 0 aromatic carbocycles. The minimum atomic E-state index is -0.384. The number of fused-ring (bicyclic) bond motifs is 2. The number of rotatable bonds is 7. The fourth-order valence-electron chi connectivity index (χ4n) is 4.86. The van der Waals surface area contributed by atoms with Gasteiger partial charge >= 0.3 is 0 Å². The van der Waals surface area contributed by atoms with Crippen molar-refractivity contribution in [3.05, 3.63) is 65.7 Å². The van der Waals surface area contributed by atoms with Crippen molar-refractivity contribution >= 4 is 25.4 Å². The maximum atomic E-state index is 14.6. The summed E-state index contributed by atoms with van der Waals surface area (Å²) in [6, 6.07) is 1.84. The van der Waals surface area contributed by atoms with Gasteiger partial charge < -0.3 is 24.0 Å². The Morgan fingerprint density at radius 3 is 2.94 bits per heavy atom. The van der Waals surface area contributed by atoms with E-state index in [-0.39, 0.29) is 24.1 Å². The van der Waals surface area contributed by atoms with Crippen LogP contribution in [-0.2, 0) is 9.53 Å². The van der Waals surface area contributed by atoms with Crippen LogP contribution >= 0.6 is 8.58 Å². The quantitative estimate of drug-likeness (QED) is 0.466. The van der Waals surface area contributed by atoms with Crippen molar-refractivity contribution in [2.75, 3.05) is 46.0 Å². The van der Waals surface area contributed by atoms with Crippen LogP contribution in [0.15, 0.2) is 48.6 Å². The normalized spacial score (nSPS) is 23.7. The fourth-order valence-corrected chi connectivity index (χ4v) is 6.22. The Bertz CT molecular complexity index is 1210. The van der Waals surface area contributed by atoms with E-state index in [1.807, 2.05) is 19.3 Å². The highest BCUT2D eigenvalue weighted by atomic mass is 31.1.